The number of morpholine rings is 1. The maximum absolute atomic E-state index is 13.6. The van der Waals surface area contributed by atoms with Gasteiger partial charge in [-0.15, -0.1) is 0 Å². The summed E-state index contributed by atoms with van der Waals surface area (Å²) in [5.74, 6) is 0.558. The highest BCUT2D eigenvalue weighted by Gasteiger charge is 2.39. The van der Waals surface area contributed by atoms with Gasteiger partial charge >= 0.3 is 0 Å². The average Bonchev–Trinajstić information content (AvgIpc) is 3.22. The number of amides is 1. The fraction of sp³-hybridized carbons (Fsp3) is 0.600. The second kappa shape index (κ2) is 9.62. The van der Waals surface area contributed by atoms with Gasteiger partial charge in [-0.25, -0.2) is 0 Å². The zero-order valence-electron chi connectivity index (χ0n) is 20.2. The van der Waals surface area contributed by atoms with E-state index in [9.17, 15) is 13.9 Å². The molecule has 1 aromatic carbocycles. The first-order valence-electron chi connectivity index (χ1n) is 12.4. The molecule has 3 aliphatic rings. The fourth-order valence-electron chi connectivity index (χ4n) is 5.34. The highest BCUT2D eigenvalue weighted by molar-refractivity contribution is 8.23. The molecule has 2 N–H and O–H groups in total. The highest BCUT2D eigenvalue weighted by Crippen LogP contribution is 2.60. The minimum Gasteiger partial charge on any atom is -0.378 e. The van der Waals surface area contributed by atoms with Gasteiger partial charge in [0.2, 0.25) is 0 Å². The summed E-state index contributed by atoms with van der Waals surface area (Å²) in [6.45, 7) is 9.63. The number of hydrogen-bond donors (Lipinski definition) is 2. The number of ether oxygens (including phenoxy) is 1. The lowest BCUT2D eigenvalue weighted by molar-refractivity contribution is 0.0297. The lowest BCUT2D eigenvalue weighted by Crippen LogP contribution is -2.41. The van der Waals surface area contributed by atoms with Crippen LogP contribution in [-0.2, 0) is 10.5 Å². The Balaban J connectivity index is 1.56. The van der Waals surface area contributed by atoms with Crippen molar-refractivity contribution in [2.45, 2.75) is 49.8 Å². The second-order valence-electron chi connectivity index (χ2n) is 10.1. The first-order valence-corrected chi connectivity index (χ1v) is 14.1. The Morgan fingerprint density at radius 1 is 1.21 bits per heavy atom. The number of piperidine rings is 1. The van der Waals surface area contributed by atoms with Crippen molar-refractivity contribution in [2.24, 2.45) is 5.92 Å². The molecule has 0 radical (unpaired) electrons. The molecule has 1 amide bonds. The topological polar surface area (TPSA) is 91.1 Å². The summed E-state index contributed by atoms with van der Waals surface area (Å²) in [6.07, 6.45) is 3.24. The van der Waals surface area contributed by atoms with E-state index in [1.807, 2.05) is 22.9 Å². The largest absolute Gasteiger partial charge is 0.378 e. The van der Waals surface area contributed by atoms with Crippen LogP contribution in [0.3, 0.4) is 0 Å². The number of nitrogens with zero attached hydrogens (tertiary/aromatic N) is 4. The van der Waals surface area contributed by atoms with Crippen LogP contribution >= 0.6 is 10.6 Å². The third-order valence-corrected chi connectivity index (χ3v) is 8.95. The van der Waals surface area contributed by atoms with Crippen molar-refractivity contribution in [3.05, 3.63) is 35.5 Å². The molecule has 4 heterocycles. The summed E-state index contributed by atoms with van der Waals surface area (Å²) in [7, 11) is -3.05. The smallest absolute Gasteiger partial charge is 0.274 e. The van der Waals surface area contributed by atoms with E-state index >= 15 is 0 Å². The fourth-order valence-corrected chi connectivity index (χ4v) is 6.99. The molecule has 34 heavy (non-hydrogen) atoms. The molecule has 8 nitrogen and oxygen atoms in total. The minimum absolute atomic E-state index is 0.0363. The number of aromatic nitrogens is 2. The molecular weight excluding hydrogens is 452 g/mol. The maximum Gasteiger partial charge on any atom is 0.274 e. The van der Waals surface area contributed by atoms with Crippen LogP contribution in [0.2, 0.25) is 0 Å². The zero-order valence-corrected chi connectivity index (χ0v) is 21.0. The third-order valence-electron chi connectivity index (χ3n) is 7.20. The number of likely N-dealkylation sites (tertiary alicyclic amines) is 1. The predicted octanol–water partition coefficient (Wildman–Crippen LogP) is 4.33. The van der Waals surface area contributed by atoms with Crippen molar-refractivity contribution in [3.63, 3.8) is 0 Å². The Morgan fingerprint density at radius 3 is 2.74 bits per heavy atom. The van der Waals surface area contributed by atoms with Gasteiger partial charge in [-0.2, -0.15) is 15.7 Å². The Hall–Kier alpha value is -1.91. The van der Waals surface area contributed by atoms with Crippen molar-refractivity contribution in [3.8, 4) is 11.3 Å². The van der Waals surface area contributed by atoms with Crippen LogP contribution in [0, 0.1) is 5.92 Å². The molecule has 1 atom stereocenters. The van der Waals surface area contributed by atoms with Crippen molar-refractivity contribution in [2.75, 3.05) is 45.9 Å². The molecular formula is C25H36N4O4S. The maximum atomic E-state index is 13.6. The Morgan fingerprint density at radius 2 is 1.97 bits per heavy atom. The van der Waals surface area contributed by atoms with Crippen molar-refractivity contribution < 1.29 is 18.6 Å². The van der Waals surface area contributed by atoms with Gasteiger partial charge in [0.05, 0.1) is 35.6 Å². The van der Waals surface area contributed by atoms with Crippen molar-refractivity contribution in [1.82, 2.24) is 19.6 Å². The van der Waals surface area contributed by atoms with E-state index in [1.165, 1.54) is 0 Å². The summed E-state index contributed by atoms with van der Waals surface area (Å²) < 4.78 is 29.5. The molecule has 2 fully saturated rings. The molecule has 0 saturated carbocycles. The van der Waals surface area contributed by atoms with Gasteiger partial charge in [0.25, 0.3) is 5.91 Å². The van der Waals surface area contributed by atoms with Crippen LogP contribution in [0.4, 0.5) is 0 Å². The normalized spacial score (nSPS) is 23.4. The molecule has 2 aromatic rings. The Bertz CT molecular complexity index is 1050. The minimum atomic E-state index is -3.05. The molecule has 0 spiro atoms. The van der Waals surface area contributed by atoms with E-state index in [-0.39, 0.29) is 17.7 Å². The van der Waals surface area contributed by atoms with E-state index in [0.717, 1.165) is 50.2 Å². The number of rotatable bonds is 5. The standard InChI is InChI=1S/C25H36N4O4S/c1-18(2)9-11-27-10-5-6-19(16-27)29-24-20-7-3-4-8-22(20)34(31,32)17-21(24)23(26-29)25(30)28-12-14-33-15-13-28/h3-4,7-8,18-19,31-32H,5-6,9-17H2,1-2H3. The molecule has 3 aliphatic heterocycles. The van der Waals surface area contributed by atoms with Crippen molar-refractivity contribution in [1.29, 1.82) is 0 Å². The highest BCUT2D eigenvalue weighted by atomic mass is 32.3. The van der Waals surface area contributed by atoms with Gasteiger partial charge in [-0.05, 0) is 44.3 Å². The van der Waals surface area contributed by atoms with Crippen LogP contribution in [-0.4, -0.2) is 80.5 Å². The van der Waals surface area contributed by atoms with Crippen LogP contribution < -0.4 is 0 Å². The van der Waals surface area contributed by atoms with E-state index in [2.05, 4.69) is 18.7 Å². The van der Waals surface area contributed by atoms with Gasteiger partial charge in [0.15, 0.2) is 5.69 Å². The zero-order chi connectivity index (χ0) is 23.9. The van der Waals surface area contributed by atoms with Gasteiger partial charge in [0.1, 0.15) is 0 Å². The van der Waals surface area contributed by atoms with Gasteiger partial charge < -0.3 is 14.5 Å². The summed E-state index contributed by atoms with van der Waals surface area (Å²) in [4.78, 5) is 18.4. The van der Waals surface area contributed by atoms with Gasteiger partial charge in [-0.3, -0.25) is 18.6 Å². The quantitative estimate of drug-likeness (QED) is 0.651. The molecule has 1 unspecified atom stereocenters. The van der Waals surface area contributed by atoms with Crippen LogP contribution in [0.25, 0.3) is 11.3 Å². The van der Waals surface area contributed by atoms with Crippen molar-refractivity contribution >= 4 is 16.5 Å². The van der Waals surface area contributed by atoms with E-state index < -0.39 is 10.6 Å². The molecule has 0 bridgehead atoms. The lowest BCUT2D eigenvalue weighted by atomic mass is 10.0. The van der Waals surface area contributed by atoms with Gasteiger partial charge in [0, 0.05) is 30.8 Å². The summed E-state index contributed by atoms with van der Waals surface area (Å²) >= 11 is 0. The SMILES string of the molecule is CC(C)CCN1CCCC(n2nc(C(=O)N3CCOCC3)c3c2-c2ccccc2S(O)(O)C3)C1. The first kappa shape index (κ1) is 23.8. The number of carbonyl (C=O) groups excluding carboxylic acids is 1. The molecule has 186 valence electrons. The van der Waals surface area contributed by atoms with E-state index in [4.69, 9.17) is 9.84 Å². The molecule has 9 heteroatoms. The predicted molar refractivity (Wildman–Crippen MR) is 133 cm³/mol. The Labute approximate surface area is 203 Å². The number of benzene rings is 1. The summed E-state index contributed by atoms with van der Waals surface area (Å²) in [5.41, 5.74) is 2.71. The molecule has 0 aliphatic carbocycles. The van der Waals surface area contributed by atoms with Gasteiger partial charge in [-0.1, -0.05) is 32.0 Å². The molecule has 1 aromatic heterocycles. The molecule has 2 saturated heterocycles. The molecule has 5 rings (SSSR count). The van der Waals surface area contributed by atoms with Crippen LogP contribution in [0.5, 0.6) is 0 Å². The first-order chi connectivity index (χ1) is 16.3. The summed E-state index contributed by atoms with van der Waals surface area (Å²) in [6, 6.07) is 7.63. The number of fused-ring (bicyclic) bond motifs is 3. The van der Waals surface area contributed by atoms with Crippen LogP contribution in [0.15, 0.2) is 29.2 Å². The number of carbonyl (C=O) groups is 1. The third kappa shape index (κ3) is 4.52. The monoisotopic (exact) mass is 488 g/mol. The lowest BCUT2D eigenvalue weighted by Gasteiger charge is -2.39. The second-order valence-corrected chi connectivity index (χ2v) is 12.2. The van der Waals surface area contributed by atoms with E-state index in [0.29, 0.717) is 48.4 Å². The average molecular weight is 489 g/mol. The number of hydrogen-bond acceptors (Lipinski definition) is 6. The summed E-state index contributed by atoms with van der Waals surface area (Å²) in [5, 5.41) is 4.93. The van der Waals surface area contributed by atoms with E-state index in [1.54, 1.807) is 11.0 Å². The van der Waals surface area contributed by atoms with Crippen LogP contribution in [0.1, 0.15) is 55.2 Å². The Kier molecular flexibility index (Phi) is 6.74.